The van der Waals surface area contributed by atoms with Gasteiger partial charge in [-0.3, -0.25) is 4.57 Å². The minimum absolute atomic E-state index is 0. The lowest BCUT2D eigenvalue weighted by Gasteiger charge is -2.31. The maximum absolute atomic E-state index is 9.90. The molecular formula is C6H20O14P2-2. The molecule has 0 aliphatic heterocycles. The third-order valence-electron chi connectivity index (χ3n) is 1.37. The molecule has 0 saturated heterocycles. The van der Waals surface area contributed by atoms with E-state index in [9.17, 15) is 23.8 Å². The van der Waals surface area contributed by atoms with Crippen molar-refractivity contribution in [1.29, 1.82) is 0 Å². The zero-order valence-corrected chi connectivity index (χ0v) is 12.8. The van der Waals surface area contributed by atoms with Crippen molar-refractivity contribution in [2.24, 2.45) is 0 Å². The normalized spacial score (nSPS) is 13.5. The van der Waals surface area contributed by atoms with Crippen LogP contribution in [0.15, 0.2) is 0 Å². The monoisotopic (exact) mass is 378 g/mol. The minimum Gasteiger partial charge on any atom is -0.790 e. The first-order valence-corrected chi connectivity index (χ1v) is 7.80. The van der Waals surface area contributed by atoms with Crippen LogP contribution >= 0.6 is 15.6 Å². The van der Waals surface area contributed by atoms with Crippen molar-refractivity contribution < 1.29 is 69.1 Å². The van der Waals surface area contributed by atoms with Crippen LogP contribution in [0, 0.1) is 0 Å². The van der Waals surface area contributed by atoms with Crippen LogP contribution in [0.25, 0.3) is 0 Å². The van der Waals surface area contributed by atoms with E-state index in [1.807, 2.05) is 0 Å². The van der Waals surface area contributed by atoms with Crippen LogP contribution in [-0.4, -0.2) is 69.4 Å². The van der Waals surface area contributed by atoms with Gasteiger partial charge < -0.3 is 64.6 Å². The zero-order chi connectivity index (χ0) is 16.4. The van der Waals surface area contributed by atoms with E-state index in [0.29, 0.717) is 0 Å². The van der Waals surface area contributed by atoms with Gasteiger partial charge in [0, 0.05) is 0 Å². The van der Waals surface area contributed by atoms with Gasteiger partial charge in [-0.15, -0.1) is 0 Å². The molecule has 1 unspecified atom stereocenters. The summed E-state index contributed by atoms with van der Waals surface area (Å²) in [5.41, 5.74) is 0. The van der Waals surface area contributed by atoms with E-state index in [-0.39, 0.29) is 11.0 Å². The largest absolute Gasteiger partial charge is 0.790 e. The highest BCUT2D eigenvalue weighted by Gasteiger charge is 2.12. The zero-order valence-electron chi connectivity index (χ0n) is 11.0. The molecule has 16 heteroatoms. The molecule has 0 radical (unpaired) electrons. The SMILES string of the molecule is O.O=P([O-])(O)OC(CO)CO.O=P([O-])([O-])OC(CO)CO.[OH3+]. The highest BCUT2D eigenvalue weighted by atomic mass is 31.2. The van der Waals surface area contributed by atoms with Gasteiger partial charge in [-0.25, -0.2) is 0 Å². The fourth-order valence-corrected chi connectivity index (χ4v) is 1.63. The Morgan fingerprint density at radius 2 is 1.09 bits per heavy atom. The number of aliphatic hydroxyl groups is 4. The average molecular weight is 378 g/mol. The number of hydrogen-bond acceptors (Lipinski definition) is 11. The maximum atomic E-state index is 9.90. The molecule has 0 aromatic heterocycles. The minimum atomic E-state index is -5.07. The summed E-state index contributed by atoms with van der Waals surface area (Å²) < 4.78 is 27.2. The van der Waals surface area contributed by atoms with E-state index in [1.54, 1.807) is 0 Å². The quantitative estimate of drug-likeness (QED) is 0.194. The van der Waals surface area contributed by atoms with Crippen LogP contribution in [0.1, 0.15) is 0 Å². The topological polar surface area (TPSA) is 287 Å². The number of rotatable bonds is 8. The van der Waals surface area contributed by atoms with Crippen molar-refractivity contribution in [3.63, 3.8) is 0 Å². The van der Waals surface area contributed by atoms with Gasteiger partial charge in [-0.1, -0.05) is 0 Å². The predicted octanol–water partition coefficient (Wildman–Crippen LogP) is -6.74. The fraction of sp³-hybridized carbons (Fsp3) is 1.00. The van der Waals surface area contributed by atoms with E-state index in [0.717, 1.165) is 0 Å². The Hall–Kier alpha value is -0.0200. The lowest BCUT2D eigenvalue weighted by atomic mass is 10.4. The summed E-state index contributed by atoms with van der Waals surface area (Å²) in [5.74, 6) is 0. The number of aliphatic hydroxyl groups excluding tert-OH is 4. The van der Waals surface area contributed by atoms with Crippen LogP contribution in [0.5, 0.6) is 0 Å². The molecule has 10 N–H and O–H groups in total. The number of phosphoric ester groups is 2. The molecule has 0 aromatic rings. The Morgan fingerprint density at radius 3 is 1.18 bits per heavy atom. The van der Waals surface area contributed by atoms with Crippen molar-refractivity contribution in [3.8, 4) is 0 Å². The third kappa shape index (κ3) is 22.3. The smallest absolute Gasteiger partial charge is 0.265 e. The molecule has 0 rings (SSSR count). The van der Waals surface area contributed by atoms with E-state index in [1.165, 1.54) is 0 Å². The van der Waals surface area contributed by atoms with Crippen molar-refractivity contribution in [1.82, 2.24) is 0 Å². The molecule has 0 heterocycles. The summed E-state index contributed by atoms with van der Waals surface area (Å²) in [6.07, 6.45) is -2.60. The van der Waals surface area contributed by atoms with Gasteiger partial charge in [0.15, 0.2) is 0 Å². The molecule has 14 nitrogen and oxygen atoms in total. The Balaban J connectivity index is -0.000000135. The summed E-state index contributed by atoms with van der Waals surface area (Å²) in [4.78, 5) is 37.5. The maximum Gasteiger partial charge on any atom is 0.265 e. The van der Waals surface area contributed by atoms with Gasteiger partial charge >= 0.3 is 0 Å². The molecule has 0 fully saturated rings. The number of phosphoric acid groups is 2. The highest BCUT2D eigenvalue weighted by Crippen LogP contribution is 2.31. The van der Waals surface area contributed by atoms with Gasteiger partial charge in [0.25, 0.3) is 7.82 Å². The predicted molar refractivity (Wildman–Crippen MR) is 64.0 cm³/mol. The van der Waals surface area contributed by atoms with Gasteiger partial charge in [0.1, 0.15) is 12.2 Å². The lowest BCUT2D eigenvalue weighted by molar-refractivity contribution is -0.346. The van der Waals surface area contributed by atoms with Crippen molar-refractivity contribution in [3.05, 3.63) is 0 Å². The molecule has 0 aliphatic rings. The van der Waals surface area contributed by atoms with Gasteiger partial charge in [0.2, 0.25) is 0 Å². The fourth-order valence-electron chi connectivity index (χ4n) is 0.620. The summed E-state index contributed by atoms with van der Waals surface area (Å²) in [5, 5.41) is 32.9. The highest BCUT2D eigenvalue weighted by molar-refractivity contribution is 7.44. The summed E-state index contributed by atoms with van der Waals surface area (Å²) in [7, 11) is -9.90. The molecule has 0 aliphatic carbocycles. The molecule has 0 bridgehead atoms. The molecule has 1 atom stereocenters. The van der Waals surface area contributed by atoms with Crippen LogP contribution in [-0.2, 0) is 23.7 Å². The van der Waals surface area contributed by atoms with E-state index >= 15 is 0 Å². The van der Waals surface area contributed by atoms with Crippen LogP contribution in [0.3, 0.4) is 0 Å². The van der Waals surface area contributed by atoms with Crippen molar-refractivity contribution in [2.45, 2.75) is 12.2 Å². The van der Waals surface area contributed by atoms with Crippen LogP contribution in [0.4, 0.5) is 0 Å². The second-order valence-electron chi connectivity index (χ2n) is 3.10. The van der Waals surface area contributed by atoms with Crippen molar-refractivity contribution in [2.75, 3.05) is 26.4 Å². The average Bonchev–Trinajstić information content (AvgIpc) is 2.31. The van der Waals surface area contributed by atoms with Gasteiger partial charge in [0.05, 0.1) is 34.3 Å². The molecule has 0 saturated carbocycles. The molecule has 0 spiro atoms. The van der Waals surface area contributed by atoms with E-state index in [2.05, 4.69) is 9.05 Å². The Kier molecular flexibility index (Phi) is 19.8. The molecule has 0 aromatic carbocycles. The van der Waals surface area contributed by atoms with Crippen LogP contribution in [0.2, 0.25) is 0 Å². The Bertz CT molecular complexity index is 283. The molecular weight excluding hydrogens is 358 g/mol. The summed E-state index contributed by atoms with van der Waals surface area (Å²) in [6.45, 7) is -2.73. The van der Waals surface area contributed by atoms with E-state index in [4.69, 9.17) is 25.3 Å². The standard InChI is InChI=1S/2C3H9O6P.2H2O/c2*4-1-3(2-5)9-10(6,7)8;;/h2*3-5H,1-2H2,(H2,6,7,8);2*1H2/p-2. The van der Waals surface area contributed by atoms with E-state index < -0.39 is 54.3 Å². The molecule has 0 amide bonds. The second-order valence-corrected chi connectivity index (χ2v) is 5.35. The molecule has 140 valence electrons. The first-order chi connectivity index (χ1) is 8.99. The van der Waals surface area contributed by atoms with Gasteiger partial charge in [-0.2, -0.15) is 0 Å². The number of hydrogen-bond donors (Lipinski definition) is 5. The Labute approximate surface area is 124 Å². The summed E-state index contributed by atoms with van der Waals surface area (Å²) in [6, 6.07) is 0. The van der Waals surface area contributed by atoms with Gasteiger partial charge in [-0.05, 0) is 0 Å². The Morgan fingerprint density at radius 1 is 0.818 bits per heavy atom. The second kappa shape index (κ2) is 14.6. The molecule has 22 heavy (non-hydrogen) atoms. The summed E-state index contributed by atoms with van der Waals surface area (Å²) >= 11 is 0. The van der Waals surface area contributed by atoms with Crippen molar-refractivity contribution >= 4 is 15.6 Å². The van der Waals surface area contributed by atoms with Crippen LogP contribution < -0.4 is 14.7 Å². The lowest BCUT2D eigenvalue weighted by Crippen LogP contribution is -2.27. The first-order valence-electron chi connectivity index (χ1n) is 4.85. The first kappa shape index (κ1) is 29.9. The third-order valence-corrected chi connectivity index (χ3v) is 2.50.